The molecule has 0 amide bonds. The van der Waals surface area contributed by atoms with Gasteiger partial charge in [0, 0.05) is 24.7 Å². The Kier molecular flexibility index (Phi) is 5.35. The molecule has 2 N–H and O–H groups in total. The Morgan fingerprint density at radius 2 is 2.05 bits per heavy atom. The molecule has 4 nitrogen and oxygen atoms in total. The third kappa shape index (κ3) is 5.05. The third-order valence-corrected chi connectivity index (χ3v) is 4.96. The molecule has 0 unspecified atom stereocenters. The van der Waals surface area contributed by atoms with Gasteiger partial charge in [-0.1, -0.05) is 13.8 Å². The summed E-state index contributed by atoms with van der Waals surface area (Å²) in [7, 11) is -3.56. The smallest absolute Gasteiger partial charge is 0.240 e. The van der Waals surface area contributed by atoms with Gasteiger partial charge in [-0.25, -0.2) is 17.5 Å². The fourth-order valence-electron chi connectivity index (χ4n) is 1.96. The van der Waals surface area contributed by atoms with E-state index in [0.717, 1.165) is 19.3 Å². The second kappa shape index (κ2) is 6.85. The molecule has 1 aromatic carbocycles. The summed E-state index contributed by atoms with van der Waals surface area (Å²) in [5.74, 6) is 0.0588. The molecule has 0 saturated heterocycles. The van der Waals surface area contributed by atoms with Crippen LogP contribution in [0, 0.1) is 11.7 Å². The van der Waals surface area contributed by atoms with E-state index < -0.39 is 10.0 Å². The van der Waals surface area contributed by atoms with E-state index in [1.165, 1.54) is 18.2 Å². The van der Waals surface area contributed by atoms with E-state index in [1.54, 1.807) is 0 Å². The lowest BCUT2D eigenvalue weighted by Crippen LogP contribution is -2.26. The highest BCUT2D eigenvalue weighted by molar-refractivity contribution is 7.89. The molecule has 0 heterocycles. The SMILES string of the molecule is CC(C)CCNS(=O)(=O)c1ccc(F)c(CNC2CC2)c1. The fourth-order valence-corrected chi connectivity index (χ4v) is 3.06. The zero-order valence-corrected chi connectivity index (χ0v) is 13.3. The number of rotatable bonds is 8. The maximum Gasteiger partial charge on any atom is 0.240 e. The molecule has 0 atom stereocenters. The van der Waals surface area contributed by atoms with Crippen molar-refractivity contribution in [2.75, 3.05) is 6.54 Å². The van der Waals surface area contributed by atoms with Crippen molar-refractivity contribution < 1.29 is 12.8 Å². The van der Waals surface area contributed by atoms with Crippen molar-refractivity contribution in [2.24, 2.45) is 5.92 Å². The maximum atomic E-state index is 13.7. The van der Waals surface area contributed by atoms with Crippen LogP contribution in [0.3, 0.4) is 0 Å². The fraction of sp³-hybridized carbons (Fsp3) is 0.600. The number of sulfonamides is 1. The Morgan fingerprint density at radius 3 is 2.67 bits per heavy atom. The average molecular weight is 314 g/mol. The largest absolute Gasteiger partial charge is 0.310 e. The summed E-state index contributed by atoms with van der Waals surface area (Å²) in [4.78, 5) is 0.125. The van der Waals surface area contributed by atoms with Gasteiger partial charge in [0.15, 0.2) is 0 Å². The van der Waals surface area contributed by atoms with Crippen molar-refractivity contribution in [1.82, 2.24) is 10.0 Å². The molecule has 1 aromatic rings. The number of benzene rings is 1. The van der Waals surface area contributed by atoms with Crippen molar-refractivity contribution in [1.29, 1.82) is 0 Å². The molecule has 1 fully saturated rings. The van der Waals surface area contributed by atoms with Gasteiger partial charge in [0.05, 0.1) is 4.90 Å². The third-order valence-electron chi connectivity index (χ3n) is 3.50. The van der Waals surface area contributed by atoms with Crippen LogP contribution in [0.25, 0.3) is 0 Å². The summed E-state index contributed by atoms with van der Waals surface area (Å²) in [6.07, 6.45) is 2.99. The van der Waals surface area contributed by atoms with Crippen LogP contribution in [0.2, 0.25) is 0 Å². The van der Waals surface area contributed by atoms with Gasteiger partial charge in [-0.15, -0.1) is 0 Å². The van der Waals surface area contributed by atoms with Crippen molar-refractivity contribution in [2.45, 2.75) is 50.6 Å². The standard InChI is InChI=1S/C15H23FN2O2S/c1-11(2)7-8-18-21(19,20)14-5-6-15(16)12(9-14)10-17-13-3-4-13/h5-6,9,11,13,17-18H,3-4,7-8,10H2,1-2H3. The maximum absolute atomic E-state index is 13.7. The monoisotopic (exact) mass is 314 g/mol. The minimum absolute atomic E-state index is 0.125. The zero-order chi connectivity index (χ0) is 15.5. The van der Waals surface area contributed by atoms with Crippen LogP contribution in [0.15, 0.2) is 23.1 Å². The van der Waals surface area contributed by atoms with Crippen LogP contribution in [0.5, 0.6) is 0 Å². The highest BCUT2D eigenvalue weighted by atomic mass is 32.2. The molecule has 0 aromatic heterocycles. The normalized spacial score (nSPS) is 15.6. The summed E-state index contributed by atoms with van der Waals surface area (Å²) in [5.41, 5.74) is 0.397. The van der Waals surface area contributed by atoms with Crippen LogP contribution < -0.4 is 10.0 Å². The summed E-state index contributed by atoms with van der Waals surface area (Å²) < 4.78 is 40.6. The van der Waals surface area contributed by atoms with Gasteiger partial charge in [0.25, 0.3) is 0 Å². The minimum atomic E-state index is -3.56. The van der Waals surface area contributed by atoms with Gasteiger partial charge in [-0.05, 0) is 43.4 Å². The summed E-state index contributed by atoms with van der Waals surface area (Å²) in [5, 5.41) is 3.20. The number of halogens is 1. The van der Waals surface area contributed by atoms with E-state index in [0.29, 0.717) is 30.6 Å². The molecule has 0 spiro atoms. The Labute approximate surface area is 126 Å². The molecule has 118 valence electrons. The first kappa shape index (κ1) is 16.4. The predicted octanol–water partition coefficient (Wildman–Crippen LogP) is 2.40. The van der Waals surface area contributed by atoms with E-state index in [2.05, 4.69) is 10.0 Å². The summed E-state index contributed by atoms with van der Waals surface area (Å²) >= 11 is 0. The van der Waals surface area contributed by atoms with Crippen LogP contribution in [-0.2, 0) is 16.6 Å². The molecule has 6 heteroatoms. The van der Waals surface area contributed by atoms with Crippen LogP contribution in [0.1, 0.15) is 38.7 Å². The van der Waals surface area contributed by atoms with Gasteiger partial charge >= 0.3 is 0 Å². The molecule has 1 saturated carbocycles. The molecular weight excluding hydrogens is 291 g/mol. The highest BCUT2D eigenvalue weighted by Gasteiger charge is 2.21. The number of nitrogens with one attached hydrogen (secondary N) is 2. The first-order valence-electron chi connectivity index (χ1n) is 7.40. The lowest BCUT2D eigenvalue weighted by atomic mass is 10.1. The Balaban J connectivity index is 2.05. The summed E-state index contributed by atoms with van der Waals surface area (Å²) in [6, 6.07) is 4.41. The first-order chi connectivity index (χ1) is 9.88. The van der Waals surface area contributed by atoms with Gasteiger partial charge in [0.1, 0.15) is 5.82 Å². The molecule has 21 heavy (non-hydrogen) atoms. The lowest BCUT2D eigenvalue weighted by molar-refractivity contribution is 0.550. The van der Waals surface area contributed by atoms with Crippen LogP contribution in [0.4, 0.5) is 4.39 Å². The van der Waals surface area contributed by atoms with E-state index in [1.807, 2.05) is 13.8 Å². The van der Waals surface area contributed by atoms with Crippen molar-refractivity contribution in [3.8, 4) is 0 Å². The van der Waals surface area contributed by atoms with Crippen molar-refractivity contribution >= 4 is 10.0 Å². The number of hydrogen-bond acceptors (Lipinski definition) is 3. The van der Waals surface area contributed by atoms with Gasteiger partial charge in [-0.3, -0.25) is 0 Å². The van der Waals surface area contributed by atoms with Gasteiger partial charge in [0.2, 0.25) is 10.0 Å². The minimum Gasteiger partial charge on any atom is -0.310 e. The van der Waals surface area contributed by atoms with Crippen LogP contribution >= 0.6 is 0 Å². The quantitative estimate of drug-likeness (QED) is 0.774. The number of hydrogen-bond donors (Lipinski definition) is 2. The van der Waals surface area contributed by atoms with Gasteiger partial charge in [-0.2, -0.15) is 0 Å². The Morgan fingerprint density at radius 1 is 1.33 bits per heavy atom. The molecule has 0 aliphatic heterocycles. The lowest BCUT2D eigenvalue weighted by Gasteiger charge is -2.10. The molecule has 2 rings (SSSR count). The molecule has 1 aliphatic carbocycles. The molecule has 0 bridgehead atoms. The zero-order valence-electron chi connectivity index (χ0n) is 12.5. The van der Waals surface area contributed by atoms with Crippen molar-refractivity contribution in [3.05, 3.63) is 29.6 Å². The predicted molar refractivity (Wildman–Crippen MR) is 80.9 cm³/mol. The Hall–Kier alpha value is -0.980. The van der Waals surface area contributed by atoms with Gasteiger partial charge < -0.3 is 5.32 Å². The molecule has 1 aliphatic rings. The highest BCUT2D eigenvalue weighted by Crippen LogP contribution is 2.21. The van der Waals surface area contributed by atoms with Crippen molar-refractivity contribution in [3.63, 3.8) is 0 Å². The topological polar surface area (TPSA) is 58.2 Å². The van der Waals surface area contributed by atoms with E-state index in [9.17, 15) is 12.8 Å². The molecular formula is C15H23FN2O2S. The van der Waals surface area contributed by atoms with E-state index >= 15 is 0 Å². The molecule has 0 radical (unpaired) electrons. The summed E-state index contributed by atoms with van der Waals surface area (Å²) in [6.45, 7) is 4.83. The Bertz CT molecular complexity index is 583. The second-order valence-electron chi connectivity index (χ2n) is 5.99. The van der Waals surface area contributed by atoms with Crippen LogP contribution in [-0.4, -0.2) is 21.0 Å². The average Bonchev–Trinajstić information content (AvgIpc) is 3.21. The first-order valence-corrected chi connectivity index (χ1v) is 8.88. The van der Waals surface area contributed by atoms with E-state index in [-0.39, 0.29) is 10.7 Å². The second-order valence-corrected chi connectivity index (χ2v) is 7.76. The van der Waals surface area contributed by atoms with E-state index in [4.69, 9.17) is 0 Å².